The molecule has 0 saturated heterocycles. The Morgan fingerprint density at radius 1 is 1.11 bits per heavy atom. The maximum Gasteiger partial charge on any atom is 0.0505 e. The zero-order valence-electron chi connectivity index (χ0n) is 12.2. The van der Waals surface area contributed by atoms with Crippen molar-refractivity contribution in [3.05, 3.63) is 57.8 Å². The molecular weight excluding hydrogens is 250 g/mol. The quantitative estimate of drug-likeness (QED) is 0.843. The standard InChI is InChI=1S/C17H23NS/c1-5-14-11-12-15(19-14)16(18-4)17(2,3)13-9-7-6-8-10-13/h6-12,16,18H,5H2,1-4H3. The second kappa shape index (κ2) is 5.89. The highest BCUT2D eigenvalue weighted by Crippen LogP contribution is 2.39. The first-order valence-electron chi connectivity index (χ1n) is 6.91. The number of benzene rings is 1. The topological polar surface area (TPSA) is 12.0 Å². The van der Waals surface area contributed by atoms with Crippen LogP contribution < -0.4 is 5.32 Å². The van der Waals surface area contributed by atoms with Gasteiger partial charge in [-0.15, -0.1) is 11.3 Å². The molecule has 1 atom stereocenters. The van der Waals surface area contributed by atoms with Gasteiger partial charge in [0.2, 0.25) is 0 Å². The average molecular weight is 273 g/mol. The summed E-state index contributed by atoms with van der Waals surface area (Å²) in [4.78, 5) is 2.88. The Morgan fingerprint density at radius 3 is 2.32 bits per heavy atom. The first kappa shape index (κ1) is 14.3. The van der Waals surface area contributed by atoms with Crippen LogP contribution in [0.4, 0.5) is 0 Å². The van der Waals surface area contributed by atoms with Gasteiger partial charge in [-0.05, 0) is 31.2 Å². The first-order chi connectivity index (χ1) is 9.09. The molecule has 1 N–H and O–H groups in total. The van der Waals surface area contributed by atoms with E-state index in [1.807, 2.05) is 11.3 Å². The van der Waals surface area contributed by atoms with E-state index in [4.69, 9.17) is 0 Å². The Hall–Kier alpha value is -1.12. The van der Waals surface area contributed by atoms with Gasteiger partial charge in [0.1, 0.15) is 0 Å². The van der Waals surface area contributed by atoms with E-state index in [0.717, 1.165) is 6.42 Å². The van der Waals surface area contributed by atoms with Crippen LogP contribution in [0.3, 0.4) is 0 Å². The van der Waals surface area contributed by atoms with E-state index in [2.05, 4.69) is 75.6 Å². The van der Waals surface area contributed by atoms with E-state index < -0.39 is 0 Å². The minimum Gasteiger partial charge on any atom is -0.312 e. The van der Waals surface area contributed by atoms with E-state index in [9.17, 15) is 0 Å². The van der Waals surface area contributed by atoms with Crippen molar-refractivity contribution in [1.82, 2.24) is 5.32 Å². The van der Waals surface area contributed by atoms with Gasteiger partial charge in [-0.2, -0.15) is 0 Å². The number of hydrogen-bond donors (Lipinski definition) is 1. The molecule has 0 bridgehead atoms. The van der Waals surface area contributed by atoms with Crippen molar-refractivity contribution in [3.8, 4) is 0 Å². The third-order valence-electron chi connectivity index (χ3n) is 3.84. The van der Waals surface area contributed by atoms with Gasteiger partial charge in [-0.3, -0.25) is 0 Å². The number of rotatable bonds is 5. The van der Waals surface area contributed by atoms with Gasteiger partial charge in [0.05, 0.1) is 6.04 Å². The van der Waals surface area contributed by atoms with Crippen molar-refractivity contribution in [3.63, 3.8) is 0 Å². The molecule has 0 aliphatic carbocycles. The van der Waals surface area contributed by atoms with Gasteiger partial charge in [0.15, 0.2) is 0 Å². The van der Waals surface area contributed by atoms with E-state index >= 15 is 0 Å². The lowest BCUT2D eigenvalue weighted by atomic mass is 9.77. The van der Waals surface area contributed by atoms with Crippen molar-refractivity contribution in [1.29, 1.82) is 0 Å². The molecule has 1 aromatic carbocycles. The summed E-state index contributed by atoms with van der Waals surface area (Å²) in [5.41, 5.74) is 1.45. The molecule has 0 radical (unpaired) electrons. The molecule has 1 aromatic heterocycles. The molecule has 2 rings (SSSR count). The van der Waals surface area contributed by atoms with Gasteiger partial charge < -0.3 is 5.32 Å². The van der Waals surface area contributed by atoms with Crippen molar-refractivity contribution >= 4 is 11.3 Å². The highest BCUT2D eigenvalue weighted by Gasteiger charge is 2.32. The second-order valence-electron chi connectivity index (χ2n) is 5.47. The average Bonchev–Trinajstić information content (AvgIpc) is 2.89. The number of likely N-dealkylation sites (N-methyl/N-ethyl adjacent to an activating group) is 1. The maximum absolute atomic E-state index is 3.50. The van der Waals surface area contributed by atoms with Crippen LogP contribution in [0.1, 0.15) is 42.1 Å². The molecule has 1 unspecified atom stereocenters. The number of thiophene rings is 1. The third kappa shape index (κ3) is 2.90. The molecule has 102 valence electrons. The van der Waals surface area contributed by atoms with E-state index in [1.165, 1.54) is 15.3 Å². The second-order valence-corrected chi connectivity index (χ2v) is 6.67. The minimum atomic E-state index is 0.0753. The van der Waals surface area contributed by atoms with Crippen LogP contribution in [0, 0.1) is 0 Å². The summed E-state index contributed by atoms with van der Waals surface area (Å²) in [5, 5.41) is 3.50. The summed E-state index contributed by atoms with van der Waals surface area (Å²) >= 11 is 1.92. The van der Waals surface area contributed by atoms with Gasteiger partial charge in [-0.25, -0.2) is 0 Å². The zero-order chi connectivity index (χ0) is 13.9. The van der Waals surface area contributed by atoms with Crippen molar-refractivity contribution in [2.75, 3.05) is 7.05 Å². The summed E-state index contributed by atoms with van der Waals surface area (Å²) in [6.07, 6.45) is 1.12. The molecule has 1 heterocycles. The normalized spacial score (nSPS) is 13.5. The Kier molecular flexibility index (Phi) is 4.43. The fourth-order valence-electron chi connectivity index (χ4n) is 2.63. The van der Waals surface area contributed by atoms with Crippen LogP contribution in [-0.4, -0.2) is 7.05 Å². The highest BCUT2D eigenvalue weighted by atomic mass is 32.1. The number of nitrogens with one attached hydrogen (secondary N) is 1. The molecule has 0 fully saturated rings. The van der Waals surface area contributed by atoms with Crippen LogP contribution >= 0.6 is 11.3 Å². The van der Waals surface area contributed by atoms with E-state index in [1.54, 1.807) is 0 Å². The van der Waals surface area contributed by atoms with Crippen LogP contribution in [0.25, 0.3) is 0 Å². The highest BCUT2D eigenvalue weighted by molar-refractivity contribution is 7.12. The van der Waals surface area contributed by atoms with Crippen LogP contribution in [0.15, 0.2) is 42.5 Å². The van der Waals surface area contributed by atoms with Crippen molar-refractivity contribution in [2.24, 2.45) is 0 Å². The smallest absolute Gasteiger partial charge is 0.0505 e. The Labute approximate surface area is 120 Å². The zero-order valence-corrected chi connectivity index (χ0v) is 13.1. The molecule has 0 aliphatic heterocycles. The Balaban J connectivity index is 2.35. The number of hydrogen-bond acceptors (Lipinski definition) is 2. The Bertz CT molecular complexity index is 513. The van der Waals surface area contributed by atoms with Gasteiger partial charge in [0, 0.05) is 15.2 Å². The molecule has 0 aliphatic rings. The fraction of sp³-hybridized carbons (Fsp3) is 0.412. The van der Waals surface area contributed by atoms with E-state index in [0.29, 0.717) is 6.04 Å². The summed E-state index contributed by atoms with van der Waals surface area (Å²) in [6, 6.07) is 15.6. The largest absolute Gasteiger partial charge is 0.312 e. The van der Waals surface area contributed by atoms with Crippen LogP contribution in [0.2, 0.25) is 0 Å². The van der Waals surface area contributed by atoms with E-state index in [-0.39, 0.29) is 5.41 Å². The van der Waals surface area contributed by atoms with Crippen molar-refractivity contribution in [2.45, 2.75) is 38.6 Å². The lowest BCUT2D eigenvalue weighted by Gasteiger charge is -2.34. The number of aryl methyl sites for hydroxylation is 1. The molecule has 0 saturated carbocycles. The summed E-state index contributed by atoms with van der Waals surface area (Å²) in [6.45, 7) is 6.84. The van der Waals surface area contributed by atoms with Crippen molar-refractivity contribution < 1.29 is 0 Å². The third-order valence-corrected chi connectivity index (χ3v) is 5.14. The lowest BCUT2D eigenvalue weighted by Crippen LogP contribution is -2.35. The first-order valence-corrected chi connectivity index (χ1v) is 7.72. The predicted octanol–water partition coefficient (Wildman–Crippen LogP) is 4.55. The summed E-state index contributed by atoms with van der Waals surface area (Å²) in [5.74, 6) is 0. The minimum absolute atomic E-state index is 0.0753. The van der Waals surface area contributed by atoms with Crippen LogP contribution in [0.5, 0.6) is 0 Å². The van der Waals surface area contributed by atoms with Gasteiger partial charge >= 0.3 is 0 Å². The molecule has 2 heteroatoms. The SMILES string of the molecule is CCc1ccc(C(NC)C(C)(C)c2ccccc2)s1. The monoisotopic (exact) mass is 273 g/mol. The summed E-state index contributed by atoms with van der Waals surface area (Å²) in [7, 11) is 2.06. The lowest BCUT2D eigenvalue weighted by molar-refractivity contribution is 0.373. The predicted molar refractivity (Wildman–Crippen MR) is 85.0 cm³/mol. The van der Waals surface area contributed by atoms with Crippen LogP contribution in [-0.2, 0) is 11.8 Å². The molecule has 0 amide bonds. The molecule has 2 aromatic rings. The van der Waals surface area contributed by atoms with Gasteiger partial charge in [0.25, 0.3) is 0 Å². The molecule has 1 nitrogen and oxygen atoms in total. The molecular formula is C17H23NS. The maximum atomic E-state index is 3.50. The summed E-state index contributed by atoms with van der Waals surface area (Å²) < 4.78 is 0. The Morgan fingerprint density at radius 2 is 1.79 bits per heavy atom. The molecule has 19 heavy (non-hydrogen) atoms. The van der Waals surface area contributed by atoms with Gasteiger partial charge in [-0.1, -0.05) is 51.1 Å². The fourth-order valence-corrected chi connectivity index (χ4v) is 3.88. The molecule has 0 spiro atoms.